The minimum absolute atomic E-state index is 0.404. The van der Waals surface area contributed by atoms with Gasteiger partial charge in [0.05, 0.1) is 0 Å². The maximum Gasteiger partial charge on any atom is 0.250 e. The summed E-state index contributed by atoms with van der Waals surface area (Å²) < 4.78 is 27.5. The van der Waals surface area contributed by atoms with E-state index >= 15 is 0 Å². The van der Waals surface area contributed by atoms with Crippen LogP contribution in [0.5, 0.6) is 0 Å². The van der Waals surface area contributed by atoms with Crippen LogP contribution in [0.3, 0.4) is 0 Å². The quantitative estimate of drug-likeness (QED) is 0.637. The van der Waals surface area contributed by atoms with Gasteiger partial charge in [0.25, 0.3) is 0 Å². The average Bonchev–Trinajstić information content (AvgIpc) is 2.88. The number of rotatable bonds is 10. The third-order valence-electron chi connectivity index (χ3n) is 3.34. The number of thiophene rings is 1. The minimum atomic E-state index is -3.37. The lowest BCUT2D eigenvalue weighted by atomic mass is 10.3. The normalized spacial score (nSPS) is 12.5. The molecule has 2 N–H and O–H groups in total. The zero-order valence-electron chi connectivity index (χ0n) is 13.3. The molecule has 0 bridgehead atoms. The van der Waals surface area contributed by atoms with Crippen molar-refractivity contribution < 1.29 is 8.42 Å². The van der Waals surface area contributed by atoms with Crippen LogP contribution >= 0.6 is 11.3 Å². The van der Waals surface area contributed by atoms with Gasteiger partial charge in [0.15, 0.2) is 0 Å². The molecule has 21 heavy (non-hydrogen) atoms. The Morgan fingerprint density at radius 3 is 2.62 bits per heavy atom. The van der Waals surface area contributed by atoms with Gasteiger partial charge in [-0.25, -0.2) is 13.1 Å². The molecule has 7 heteroatoms. The van der Waals surface area contributed by atoms with E-state index in [0.29, 0.717) is 23.3 Å². The molecule has 0 aromatic carbocycles. The highest BCUT2D eigenvalue weighted by molar-refractivity contribution is 7.91. The predicted octanol–water partition coefficient (Wildman–Crippen LogP) is 1.52. The Bertz CT molecular complexity index is 512. The van der Waals surface area contributed by atoms with Gasteiger partial charge in [-0.3, -0.25) is 0 Å². The molecular formula is C14H27N3O2S2. The van der Waals surface area contributed by atoms with Crippen molar-refractivity contribution in [2.45, 2.75) is 37.4 Å². The van der Waals surface area contributed by atoms with Gasteiger partial charge in [0.2, 0.25) is 10.0 Å². The highest BCUT2D eigenvalue weighted by atomic mass is 32.2. The van der Waals surface area contributed by atoms with Crippen molar-refractivity contribution in [3.05, 3.63) is 17.0 Å². The molecular weight excluding hydrogens is 306 g/mol. The molecule has 0 aliphatic carbocycles. The second-order valence-corrected chi connectivity index (χ2v) is 8.46. The first kappa shape index (κ1) is 18.6. The standard InChI is InChI=1S/C14H27N3O2S2/c1-5-15-9-8-13-6-7-14(20-13)21(18,19)16-10-11-17(4)12(2)3/h6-7,12,15-16H,5,8-11H2,1-4H3. The molecule has 0 amide bonds. The fraction of sp³-hybridized carbons (Fsp3) is 0.714. The van der Waals surface area contributed by atoms with E-state index in [1.54, 1.807) is 6.07 Å². The van der Waals surface area contributed by atoms with Crippen molar-refractivity contribution in [1.82, 2.24) is 14.9 Å². The van der Waals surface area contributed by atoms with Crippen LogP contribution in [0.1, 0.15) is 25.6 Å². The van der Waals surface area contributed by atoms with E-state index in [9.17, 15) is 8.42 Å². The van der Waals surface area contributed by atoms with Gasteiger partial charge in [0.1, 0.15) is 4.21 Å². The number of nitrogens with one attached hydrogen (secondary N) is 2. The number of likely N-dealkylation sites (N-methyl/N-ethyl adjacent to an activating group) is 2. The van der Waals surface area contributed by atoms with Crippen LogP contribution in [-0.2, 0) is 16.4 Å². The highest BCUT2D eigenvalue weighted by Gasteiger charge is 2.16. The van der Waals surface area contributed by atoms with Crippen LogP contribution in [0.2, 0.25) is 0 Å². The molecule has 1 aromatic heterocycles. The second-order valence-electron chi connectivity index (χ2n) is 5.30. The molecule has 0 saturated heterocycles. The molecule has 1 heterocycles. The summed E-state index contributed by atoms with van der Waals surface area (Å²) in [5.41, 5.74) is 0. The van der Waals surface area contributed by atoms with Crippen LogP contribution in [-0.4, -0.2) is 52.6 Å². The summed E-state index contributed by atoms with van der Waals surface area (Å²) in [6, 6.07) is 4.01. The summed E-state index contributed by atoms with van der Waals surface area (Å²) in [7, 11) is -1.38. The van der Waals surface area contributed by atoms with Gasteiger partial charge < -0.3 is 10.2 Å². The molecule has 0 aliphatic rings. The number of hydrogen-bond acceptors (Lipinski definition) is 5. The molecule has 0 unspecified atom stereocenters. The van der Waals surface area contributed by atoms with Gasteiger partial charge in [-0.15, -0.1) is 11.3 Å². The van der Waals surface area contributed by atoms with E-state index in [2.05, 4.69) is 35.7 Å². The lowest BCUT2D eigenvalue weighted by Gasteiger charge is -2.20. The van der Waals surface area contributed by atoms with Crippen LogP contribution < -0.4 is 10.0 Å². The predicted molar refractivity (Wildman–Crippen MR) is 89.5 cm³/mol. The molecule has 0 fully saturated rings. The summed E-state index contributed by atoms with van der Waals surface area (Å²) in [4.78, 5) is 3.20. The Labute approximate surface area is 132 Å². The van der Waals surface area contributed by atoms with Crippen molar-refractivity contribution in [2.24, 2.45) is 0 Å². The van der Waals surface area contributed by atoms with Crippen molar-refractivity contribution >= 4 is 21.4 Å². The Kier molecular flexibility index (Phi) is 7.83. The van der Waals surface area contributed by atoms with Crippen LogP contribution in [0.4, 0.5) is 0 Å². The van der Waals surface area contributed by atoms with Crippen molar-refractivity contribution in [3.63, 3.8) is 0 Å². The first-order valence-corrected chi connectivity index (χ1v) is 9.66. The third kappa shape index (κ3) is 6.44. The maximum absolute atomic E-state index is 12.2. The van der Waals surface area contributed by atoms with Crippen LogP contribution in [0.25, 0.3) is 0 Å². The Morgan fingerprint density at radius 1 is 1.29 bits per heavy atom. The van der Waals surface area contributed by atoms with Gasteiger partial charge >= 0.3 is 0 Å². The molecule has 0 aliphatic heterocycles. The largest absolute Gasteiger partial charge is 0.317 e. The molecule has 0 saturated carbocycles. The molecule has 0 radical (unpaired) electrons. The minimum Gasteiger partial charge on any atom is -0.317 e. The van der Waals surface area contributed by atoms with Crippen molar-refractivity contribution in [3.8, 4) is 0 Å². The zero-order chi connectivity index (χ0) is 15.9. The topological polar surface area (TPSA) is 61.4 Å². The summed E-state index contributed by atoms with van der Waals surface area (Å²) in [5.74, 6) is 0. The van der Waals surface area contributed by atoms with Crippen LogP contribution in [0.15, 0.2) is 16.3 Å². The maximum atomic E-state index is 12.2. The molecule has 1 rings (SSSR count). The Hall–Kier alpha value is -0.470. The second kappa shape index (κ2) is 8.85. The van der Waals surface area contributed by atoms with Gasteiger partial charge in [-0.2, -0.15) is 0 Å². The lowest BCUT2D eigenvalue weighted by Crippen LogP contribution is -2.35. The fourth-order valence-corrected chi connectivity index (χ4v) is 4.13. The summed E-state index contributed by atoms with van der Waals surface area (Å²) in [6.07, 6.45) is 0.865. The molecule has 122 valence electrons. The first-order valence-electron chi connectivity index (χ1n) is 7.36. The first-order chi connectivity index (χ1) is 9.86. The SMILES string of the molecule is CCNCCc1ccc(S(=O)(=O)NCCN(C)C(C)C)s1. The zero-order valence-corrected chi connectivity index (χ0v) is 15.0. The van der Waals surface area contributed by atoms with E-state index in [1.807, 2.05) is 13.1 Å². The van der Waals surface area contributed by atoms with E-state index in [-0.39, 0.29) is 0 Å². The number of nitrogens with zero attached hydrogens (tertiary/aromatic N) is 1. The average molecular weight is 334 g/mol. The highest BCUT2D eigenvalue weighted by Crippen LogP contribution is 2.21. The molecule has 5 nitrogen and oxygen atoms in total. The van der Waals surface area contributed by atoms with Crippen LogP contribution in [0, 0.1) is 0 Å². The smallest absolute Gasteiger partial charge is 0.250 e. The number of hydrogen-bond donors (Lipinski definition) is 2. The van der Waals surface area contributed by atoms with E-state index in [0.717, 1.165) is 24.4 Å². The van der Waals surface area contributed by atoms with E-state index < -0.39 is 10.0 Å². The van der Waals surface area contributed by atoms with Gasteiger partial charge in [-0.05, 0) is 52.5 Å². The van der Waals surface area contributed by atoms with Gasteiger partial charge in [0, 0.05) is 24.0 Å². The number of sulfonamides is 1. The Balaban J connectivity index is 2.50. The summed E-state index contributed by atoms with van der Waals surface area (Å²) >= 11 is 1.35. The fourth-order valence-electron chi connectivity index (χ4n) is 1.71. The molecule has 0 atom stereocenters. The summed E-state index contributed by atoms with van der Waals surface area (Å²) in [6.45, 7) is 9.18. The lowest BCUT2D eigenvalue weighted by molar-refractivity contribution is 0.278. The van der Waals surface area contributed by atoms with Crippen molar-refractivity contribution in [1.29, 1.82) is 0 Å². The monoisotopic (exact) mass is 333 g/mol. The summed E-state index contributed by atoms with van der Waals surface area (Å²) in [5, 5.41) is 3.24. The van der Waals surface area contributed by atoms with E-state index in [4.69, 9.17) is 0 Å². The third-order valence-corrected chi connectivity index (χ3v) is 6.44. The Morgan fingerprint density at radius 2 is 2.00 bits per heavy atom. The van der Waals surface area contributed by atoms with Crippen molar-refractivity contribution in [2.75, 3.05) is 33.2 Å². The van der Waals surface area contributed by atoms with E-state index in [1.165, 1.54) is 11.3 Å². The van der Waals surface area contributed by atoms with Gasteiger partial charge in [-0.1, -0.05) is 6.92 Å². The molecule has 0 spiro atoms. The molecule has 1 aromatic rings.